The molecule has 0 aliphatic carbocycles. The number of rotatable bonds is 3. The minimum absolute atomic E-state index is 0.228. The van der Waals surface area contributed by atoms with E-state index in [0.29, 0.717) is 22.9 Å². The van der Waals surface area contributed by atoms with Gasteiger partial charge in [0.2, 0.25) is 5.88 Å². The van der Waals surface area contributed by atoms with E-state index in [1.54, 1.807) is 28.7 Å². The topological polar surface area (TPSA) is 39.4 Å². The molecule has 0 spiro atoms. The molecule has 0 amide bonds. The highest BCUT2D eigenvalue weighted by Crippen LogP contribution is 2.30. The van der Waals surface area contributed by atoms with E-state index in [2.05, 4.69) is 10.2 Å². The molecule has 114 valence electrons. The van der Waals surface area contributed by atoms with E-state index in [-0.39, 0.29) is 6.42 Å². The average Bonchev–Trinajstić information content (AvgIpc) is 2.90. The van der Waals surface area contributed by atoms with Crippen LogP contribution in [0.25, 0.3) is 5.65 Å². The van der Waals surface area contributed by atoms with Gasteiger partial charge in [-0.1, -0.05) is 24.3 Å². The summed E-state index contributed by atoms with van der Waals surface area (Å²) in [4.78, 5) is 0. The molecule has 0 aliphatic rings. The van der Waals surface area contributed by atoms with E-state index < -0.39 is 11.7 Å². The molecule has 7 heteroatoms. The number of halogens is 3. The number of ether oxygens (including phenoxy) is 1. The van der Waals surface area contributed by atoms with Crippen molar-refractivity contribution in [1.29, 1.82) is 0 Å². The largest absolute Gasteiger partial charge is 0.482 e. The summed E-state index contributed by atoms with van der Waals surface area (Å²) < 4.78 is 45.2. The number of nitrogens with zero attached hydrogens (tertiary/aromatic N) is 3. The third kappa shape index (κ3) is 2.61. The molecule has 0 aliphatic heterocycles. The standard InChI is InChI=1S/C15H12F3N3O/c1-22-14-7-3-6-12-19-20-13(21(12)14)9-10-4-2-5-11(8-10)15(16,17)18/h2-8H,9H2,1H3. The Morgan fingerprint density at radius 2 is 1.86 bits per heavy atom. The summed E-state index contributed by atoms with van der Waals surface area (Å²) in [6.07, 6.45) is -4.13. The second-order valence-electron chi connectivity index (χ2n) is 4.75. The normalized spacial score (nSPS) is 11.8. The Morgan fingerprint density at radius 3 is 2.59 bits per heavy atom. The van der Waals surface area contributed by atoms with Crippen molar-refractivity contribution >= 4 is 5.65 Å². The number of aromatic nitrogens is 3. The van der Waals surface area contributed by atoms with Gasteiger partial charge < -0.3 is 4.74 Å². The SMILES string of the molecule is COc1cccc2nnc(Cc3cccc(C(F)(F)F)c3)n12. The Hall–Kier alpha value is -2.57. The molecule has 22 heavy (non-hydrogen) atoms. The Bertz CT molecular complexity index is 811. The minimum atomic E-state index is -4.36. The molecule has 3 aromatic rings. The minimum Gasteiger partial charge on any atom is -0.482 e. The average molecular weight is 307 g/mol. The number of fused-ring (bicyclic) bond motifs is 1. The first-order valence-corrected chi connectivity index (χ1v) is 6.52. The first kappa shape index (κ1) is 14.4. The number of pyridine rings is 1. The highest BCUT2D eigenvalue weighted by molar-refractivity contribution is 5.43. The van der Waals surface area contributed by atoms with E-state index in [9.17, 15) is 13.2 Å². The molecule has 0 atom stereocenters. The first-order valence-electron chi connectivity index (χ1n) is 6.52. The summed E-state index contributed by atoms with van der Waals surface area (Å²) in [5.41, 5.74) is 0.419. The molecule has 2 heterocycles. The summed E-state index contributed by atoms with van der Waals surface area (Å²) in [5.74, 6) is 1.05. The lowest BCUT2D eigenvalue weighted by Crippen LogP contribution is -2.06. The van der Waals surface area contributed by atoms with Crippen molar-refractivity contribution in [3.63, 3.8) is 0 Å². The molecule has 4 nitrogen and oxygen atoms in total. The summed E-state index contributed by atoms with van der Waals surface area (Å²) in [6.45, 7) is 0. The van der Waals surface area contributed by atoms with Crippen molar-refractivity contribution in [3.8, 4) is 5.88 Å². The van der Waals surface area contributed by atoms with Crippen molar-refractivity contribution in [3.05, 3.63) is 59.4 Å². The van der Waals surface area contributed by atoms with Gasteiger partial charge in [-0.3, -0.25) is 0 Å². The van der Waals surface area contributed by atoms with Crippen molar-refractivity contribution in [1.82, 2.24) is 14.6 Å². The molecule has 2 aromatic heterocycles. The molecular weight excluding hydrogens is 295 g/mol. The van der Waals surface area contributed by atoms with Gasteiger partial charge in [-0.2, -0.15) is 13.2 Å². The second-order valence-corrected chi connectivity index (χ2v) is 4.75. The second kappa shape index (κ2) is 5.32. The maximum absolute atomic E-state index is 12.8. The summed E-state index contributed by atoms with van der Waals surface area (Å²) in [5, 5.41) is 8.05. The van der Waals surface area contributed by atoms with Crippen LogP contribution in [0.2, 0.25) is 0 Å². The molecule has 0 radical (unpaired) electrons. The third-order valence-electron chi connectivity index (χ3n) is 3.29. The van der Waals surface area contributed by atoms with Crippen LogP contribution in [0.3, 0.4) is 0 Å². The Balaban J connectivity index is 2.01. The van der Waals surface area contributed by atoms with Gasteiger partial charge in [0.15, 0.2) is 5.65 Å². The van der Waals surface area contributed by atoms with Crippen molar-refractivity contribution in [2.45, 2.75) is 12.6 Å². The first-order chi connectivity index (χ1) is 10.5. The van der Waals surface area contributed by atoms with Crippen LogP contribution >= 0.6 is 0 Å². The lowest BCUT2D eigenvalue weighted by molar-refractivity contribution is -0.137. The summed E-state index contributed by atoms with van der Waals surface area (Å²) in [7, 11) is 1.52. The maximum Gasteiger partial charge on any atom is 0.416 e. The maximum atomic E-state index is 12.8. The Labute approximate surface area is 124 Å². The number of benzene rings is 1. The van der Waals surface area contributed by atoms with Gasteiger partial charge in [-0.15, -0.1) is 10.2 Å². The van der Waals surface area contributed by atoms with Gasteiger partial charge in [0, 0.05) is 6.42 Å². The van der Waals surface area contributed by atoms with Crippen LogP contribution in [-0.2, 0) is 12.6 Å². The van der Waals surface area contributed by atoms with Gasteiger partial charge in [0.25, 0.3) is 0 Å². The zero-order valence-corrected chi connectivity index (χ0v) is 11.6. The number of hydrogen-bond donors (Lipinski definition) is 0. The van der Waals surface area contributed by atoms with Crippen LogP contribution in [0.5, 0.6) is 5.88 Å². The van der Waals surface area contributed by atoms with Crippen LogP contribution in [0, 0.1) is 0 Å². The smallest absolute Gasteiger partial charge is 0.416 e. The highest BCUT2D eigenvalue weighted by atomic mass is 19.4. The zero-order chi connectivity index (χ0) is 15.7. The van der Waals surface area contributed by atoms with Crippen molar-refractivity contribution < 1.29 is 17.9 Å². The third-order valence-corrected chi connectivity index (χ3v) is 3.29. The lowest BCUT2D eigenvalue weighted by atomic mass is 10.1. The molecule has 0 saturated heterocycles. The molecule has 0 bridgehead atoms. The number of hydrogen-bond acceptors (Lipinski definition) is 3. The molecule has 0 unspecified atom stereocenters. The number of methoxy groups -OCH3 is 1. The highest BCUT2D eigenvalue weighted by Gasteiger charge is 2.30. The van der Waals surface area contributed by atoms with Gasteiger partial charge in [-0.25, -0.2) is 4.40 Å². The van der Waals surface area contributed by atoms with Gasteiger partial charge in [0.1, 0.15) is 5.82 Å². The fourth-order valence-electron chi connectivity index (χ4n) is 2.28. The Kier molecular flexibility index (Phi) is 3.48. The Morgan fingerprint density at radius 1 is 1.09 bits per heavy atom. The van der Waals surface area contributed by atoms with Crippen LogP contribution in [0.1, 0.15) is 17.0 Å². The van der Waals surface area contributed by atoms with E-state index in [1.165, 1.54) is 13.2 Å². The fraction of sp³-hybridized carbons (Fsp3) is 0.200. The monoisotopic (exact) mass is 307 g/mol. The van der Waals surface area contributed by atoms with Crippen LogP contribution < -0.4 is 4.74 Å². The zero-order valence-electron chi connectivity index (χ0n) is 11.6. The van der Waals surface area contributed by atoms with E-state index in [4.69, 9.17) is 4.74 Å². The summed E-state index contributed by atoms with van der Waals surface area (Å²) in [6, 6.07) is 10.5. The molecule has 0 saturated carbocycles. The van der Waals surface area contributed by atoms with Gasteiger partial charge >= 0.3 is 6.18 Å². The lowest BCUT2D eigenvalue weighted by Gasteiger charge is -2.09. The number of alkyl halides is 3. The molecule has 0 fully saturated rings. The fourth-order valence-corrected chi connectivity index (χ4v) is 2.28. The van der Waals surface area contributed by atoms with Crippen LogP contribution in [0.4, 0.5) is 13.2 Å². The predicted octanol–water partition coefficient (Wildman–Crippen LogP) is 3.35. The van der Waals surface area contributed by atoms with Gasteiger partial charge in [0.05, 0.1) is 12.7 Å². The quantitative estimate of drug-likeness (QED) is 0.745. The van der Waals surface area contributed by atoms with E-state index >= 15 is 0 Å². The summed E-state index contributed by atoms with van der Waals surface area (Å²) >= 11 is 0. The van der Waals surface area contributed by atoms with Crippen LogP contribution in [-0.4, -0.2) is 21.7 Å². The van der Waals surface area contributed by atoms with Gasteiger partial charge in [-0.05, 0) is 23.8 Å². The van der Waals surface area contributed by atoms with Crippen molar-refractivity contribution in [2.24, 2.45) is 0 Å². The van der Waals surface area contributed by atoms with E-state index in [0.717, 1.165) is 12.1 Å². The molecule has 1 aromatic carbocycles. The molecule has 3 rings (SSSR count). The predicted molar refractivity (Wildman–Crippen MR) is 73.8 cm³/mol. The van der Waals surface area contributed by atoms with Crippen LogP contribution in [0.15, 0.2) is 42.5 Å². The molecular formula is C15H12F3N3O. The van der Waals surface area contributed by atoms with E-state index in [1.807, 2.05) is 0 Å². The molecule has 0 N–H and O–H groups in total. The van der Waals surface area contributed by atoms with Crippen molar-refractivity contribution in [2.75, 3.05) is 7.11 Å².